The van der Waals surface area contributed by atoms with Crippen LogP contribution in [0.2, 0.25) is 0 Å². The molecule has 6 nitrogen and oxygen atoms in total. The van der Waals surface area contributed by atoms with Gasteiger partial charge in [-0.1, -0.05) is 0 Å². The van der Waals surface area contributed by atoms with Crippen molar-refractivity contribution in [1.29, 1.82) is 0 Å². The monoisotopic (exact) mass is 308 g/mol. The van der Waals surface area contributed by atoms with Crippen molar-refractivity contribution in [2.75, 3.05) is 42.3 Å². The summed E-state index contributed by atoms with van der Waals surface area (Å²) in [6, 6.07) is 7.37. The predicted molar refractivity (Wildman–Crippen MR) is 81.8 cm³/mol. The number of benzene rings is 1. The summed E-state index contributed by atoms with van der Waals surface area (Å²) in [4.78, 5) is 26.9. The van der Waals surface area contributed by atoms with Crippen molar-refractivity contribution in [3.63, 3.8) is 0 Å². The zero-order valence-electron chi connectivity index (χ0n) is 11.5. The van der Waals surface area contributed by atoms with Crippen LogP contribution in [-0.2, 0) is 14.3 Å². The van der Waals surface area contributed by atoms with Crippen LogP contribution < -0.4 is 9.80 Å². The largest absolute Gasteiger partial charge is 0.444 e. The summed E-state index contributed by atoms with van der Waals surface area (Å²) in [5.74, 6) is -0.0438. The van der Waals surface area contributed by atoms with Crippen molar-refractivity contribution in [1.82, 2.24) is 0 Å². The van der Waals surface area contributed by atoms with Gasteiger partial charge in [0.15, 0.2) is 0 Å². The van der Waals surface area contributed by atoms with Gasteiger partial charge in [-0.15, -0.1) is 9.24 Å². The highest BCUT2D eigenvalue weighted by Gasteiger charge is 2.31. The Labute approximate surface area is 125 Å². The number of anilines is 2. The van der Waals surface area contributed by atoms with Gasteiger partial charge in [0.2, 0.25) is 0 Å². The average Bonchev–Trinajstić information content (AvgIpc) is 2.89. The zero-order valence-corrected chi connectivity index (χ0v) is 12.7. The third-order valence-corrected chi connectivity index (χ3v) is 4.12. The minimum Gasteiger partial charge on any atom is -0.444 e. The Morgan fingerprint density at radius 3 is 2.38 bits per heavy atom. The molecule has 1 aromatic carbocycles. The van der Waals surface area contributed by atoms with E-state index in [1.54, 1.807) is 9.80 Å². The van der Waals surface area contributed by atoms with E-state index in [-0.39, 0.29) is 24.7 Å². The molecule has 0 radical (unpaired) electrons. The second kappa shape index (κ2) is 6.00. The zero-order chi connectivity index (χ0) is 14.8. The van der Waals surface area contributed by atoms with Crippen molar-refractivity contribution in [3.8, 4) is 0 Å². The van der Waals surface area contributed by atoms with Gasteiger partial charge in [0.1, 0.15) is 12.7 Å². The normalized spacial score (nSPS) is 22.6. The lowest BCUT2D eigenvalue weighted by molar-refractivity contribution is -0.125. The molecule has 0 aliphatic carbocycles. The minimum atomic E-state index is -0.322. The molecule has 2 unspecified atom stereocenters. The first-order chi connectivity index (χ1) is 10.2. The molecule has 2 saturated heterocycles. The second-order valence-corrected chi connectivity index (χ2v) is 5.44. The first-order valence-corrected chi connectivity index (χ1v) is 7.67. The maximum Gasteiger partial charge on any atom is 0.414 e. The Morgan fingerprint density at radius 2 is 1.81 bits per heavy atom. The number of rotatable bonds is 3. The first-order valence-electron chi connectivity index (χ1n) is 6.85. The van der Waals surface area contributed by atoms with Gasteiger partial charge in [-0.05, 0) is 24.3 Å². The molecule has 3 rings (SSSR count). The van der Waals surface area contributed by atoms with E-state index < -0.39 is 0 Å². The van der Waals surface area contributed by atoms with E-state index in [4.69, 9.17) is 9.47 Å². The molecule has 0 aromatic heterocycles. The highest BCUT2D eigenvalue weighted by molar-refractivity contribution is 7.16. The summed E-state index contributed by atoms with van der Waals surface area (Å²) < 4.78 is 10.3. The molecule has 1 aromatic rings. The standard InChI is InChI=1S/C14H17N2O4P/c17-13-8-19-6-5-15(13)10-1-3-11(4-2-10)16-7-12(9-21)20-14(16)18/h1-4,12H,5-9,21H2. The SMILES string of the molecule is O=C1COCCN1c1ccc(N2CC(CP)OC2=O)cc1. The van der Waals surface area contributed by atoms with Crippen molar-refractivity contribution in [2.45, 2.75) is 6.10 Å². The smallest absolute Gasteiger partial charge is 0.414 e. The van der Waals surface area contributed by atoms with Crippen molar-refractivity contribution in [2.24, 2.45) is 0 Å². The van der Waals surface area contributed by atoms with E-state index in [0.717, 1.165) is 17.5 Å². The van der Waals surface area contributed by atoms with Gasteiger partial charge < -0.3 is 14.4 Å². The van der Waals surface area contributed by atoms with Gasteiger partial charge >= 0.3 is 6.09 Å². The number of cyclic esters (lactones) is 1. The van der Waals surface area contributed by atoms with E-state index in [9.17, 15) is 9.59 Å². The van der Waals surface area contributed by atoms with E-state index in [0.29, 0.717) is 19.7 Å². The molecular weight excluding hydrogens is 291 g/mol. The van der Waals surface area contributed by atoms with E-state index >= 15 is 0 Å². The fourth-order valence-electron chi connectivity index (χ4n) is 2.46. The molecule has 2 fully saturated rings. The van der Waals surface area contributed by atoms with Crippen LogP contribution in [0, 0.1) is 0 Å². The number of nitrogens with zero attached hydrogens (tertiary/aromatic N) is 2. The number of morpholine rings is 1. The van der Waals surface area contributed by atoms with Gasteiger partial charge in [0.25, 0.3) is 5.91 Å². The lowest BCUT2D eigenvalue weighted by Crippen LogP contribution is -2.41. The molecule has 2 amide bonds. The maximum atomic E-state index is 11.8. The van der Waals surface area contributed by atoms with Crippen molar-refractivity contribution >= 4 is 32.6 Å². The van der Waals surface area contributed by atoms with Crippen molar-refractivity contribution < 1.29 is 19.1 Å². The molecular formula is C14H17N2O4P. The van der Waals surface area contributed by atoms with Crippen LogP contribution in [0.1, 0.15) is 0 Å². The fourth-order valence-corrected chi connectivity index (χ4v) is 2.70. The van der Waals surface area contributed by atoms with Crippen molar-refractivity contribution in [3.05, 3.63) is 24.3 Å². The lowest BCUT2D eigenvalue weighted by Gasteiger charge is -2.27. The Morgan fingerprint density at radius 1 is 1.14 bits per heavy atom. The van der Waals surface area contributed by atoms with E-state index in [2.05, 4.69) is 9.24 Å². The number of carbonyl (C=O) groups excluding carboxylic acids is 2. The number of carbonyl (C=O) groups is 2. The Bertz CT molecular complexity index is 548. The number of hydrogen-bond acceptors (Lipinski definition) is 4. The topological polar surface area (TPSA) is 59.1 Å². The van der Waals surface area contributed by atoms with E-state index in [1.165, 1.54) is 0 Å². The third kappa shape index (κ3) is 2.87. The molecule has 0 saturated carbocycles. The molecule has 0 spiro atoms. The molecule has 2 aliphatic rings. The van der Waals surface area contributed by atoms with Gasteiger partial charge in [-0.25, -0.2) is 4.79 Å². The van der Waals surface area contributed by atoms with Crippen LogP contribution in [0.5, 0.6) is 0 Å². The number of hydrogen-bond donors (Lipinski definition) is 0. The summed E-state index contributed by atoms with van der Waals surface area (Å²) in [7, 11) is 2.58. The quantitative estimate of drug-likeness (QED) is 0.789. The Balaban J connectivity index is 1.75. The Hall–Kier alpha value is -1.65. The molecule has 2 heterocycles. The van der Waals surface area contributed by atoms with Crippen LogP contribution in [0.15, 0.2) is 24.3 Å². The fraction of sp³-hybridized carbons (Fsp3) is 0.429. The van der Waals surface area contributed by atoms with Gasteiger partial charge in [0, 0.05) is 24.1 Å². The lowest BCUT2D eigenvalue weighted by atomic mass is 10.2. The predicted octanol–water partition coefficient (Wildman–Crippen LogP) is 1.25. The molecule has 0 N–H and O–H groups in total. The van der Waals surface area contributed by atoms with Crippen LogP contribution in [0.3, 0.4) is 0 Å². The summed E-state index contributed by atoms with van der Waals surface area (Å²) in [6.07, 6.45) is 0.323. The van der Waals surface area contributed by atoms with Crippen LogP contribution in [0.25, 0.3) is 0 Å². The third-order valence-electron chi connectivity index (χ3n) is 3.60. The molecule has 2 aliphatic heterocycles. The highest BCUT2D eigenvalue weighted by Crippen LogP contribution is 2.26. The molecule has 112 valence electrons. The highest BCUT2D eigenvalue weighted by atomic mass is 31.0. The maximum absolute atomic E-state index is 11.8. The van der Waals surface area contributed by atoms with Gasteiger partial charge in [-0.3, -0.25) is 9.69 Å². The summed E-state index contributed by atoms with van der Waals surface area (Å²) in [5, 5.41) is 0. The summed E-state index contributed by atoms with van der Waals surface area (Å²) in [5.41, 5.74) is 1.60. The second-order valence-electron chi connectivity index (χ2n) is 4.97. The molecule has 7 heteroatoms. The number of ether oxygens (including phenoxy) is 2. The summed E-state index contributed by atoms with van der Waals surface area (Å²) in [6.45, 7) is 1.77. The Kier molecular flexibility index (Phi) is 4.08. The van der Waals surface area contributed by atoms with Crippen LogP contribution in [0.4, 0.5) is 16.2 Å². The first kappa shape index (κ1) is 14.3. The molecule has 2 atom stereocenters. The van der Waals surface area contributed by atoms with Gasteiger partial charge in [0.05, 0.1) is 13.2 Å². The number of amides is 2. The van der Waals surface area contributed by atoms with E-state index in [1.807, 2.05) is 24.3 Å². The molecule has 0 bridgehead atoms. The van der Waals surface area contributed by atoms with Gasteiger partial charge in [-0.2, -0.15) is 0 Å². The summed E-state index contributed by atoms with van der Waals surface area (Å²) >= 11 is 0. The van der Waals surface area contributed by atoms with Crippen LogP contribution in [-0.4, -0.2) is 50.6 Å². The minimum absolute atomic E-state index is 0.0438. The average molecular weight is 308 g/mol. The molecule has 21 heavy (non-hydrogen) atoms. The van der Waals surface area contributed by atoms with Crippen LogP contribution >= 0.6 is 9.24 Å².